The highest BCUT2D eigenvalue weighted by molar-refractivity contribution is 9.10. The lowest BCUT2D eigenvalue weighted by Crippen LogP contribution is -2.00. The Labute approximate surface area is 162 Å². The molecule has 23 heavy (non-hydrogen) atoms. The van der Waals surface area contributed by atoms with Gasteiger partial charge >= 0.3 is 0 Å². The van der Waals surface area contributed by atoms with E-state index in [1.807, 2.05) is 12.1 Å². The number of hydrogen-bond donors (Lipinski definition) is 0. The molecule has 0 fully saturated rings. The first kappa shape index (κ1) is 17.4. The van der Waals surface area contributed by atoms with E-state index >= 15 is 0 Å². The van der Waals surface area contributed by atoms with E-state index in [0.717, 1.165) is 32.9 Å². The number of benzene rings is 2. The van der Waals surface area contributed by atoms with Gasteiger partial charge in [0.2, 0.25) is 0 Å². The van der Waals surface area contributed by atoms with Crippen LogP contribution in [0.25, 0.3) is 0 Å². The Morgan fingerprint density at radius 3 is 2.48 bits per heavy atom. The van der Waals surface area contributed by atoms with Crippen LogP contribution in [0.5, 0.6) is 5.75 Å². The summed E-state index contributed by atoms with van der Waals surface area (Å²) in [6.45, 7) is 1.09. The minimum absolute atomic E-state index is 0.242. The van der Waals surface area contributed by atoms with Crippen LogP contribution < -0.4 is 4.74 Å². The van der Waals surface area contributed by atoms with Crippen molar-refractivity contribution in [3.8, 4) is 5.75 Å². The van der Waals surface area contributed by atoms with Crippen molar-refractivity contribution < 1.29 is 4.74 Å². The third kappa shape index (κ3) is 3.99. The first-order chi connectivity index (χ1) is 11.1. The largest absolute Gasteiger partial charge is 0.486 e. The quantitative estimate of drug-likeness (QED) is 0.530. The van der Waals surface area contributed by atoms with Crippen LogP contribution in [0.2, 0.25) is 15.1 Å². The zero-order valence-electron chi connectivity index (χ0n) is 11.8. The van der Waals surface area contributed by atoms with Gasteiger partial charge in [0.1, 0.15) is 6.61 Å². The molecular formula is C16H11BrCl3NOS. The minimum atomic E-state index is 0.242. The van der Waals surface area contributed by atoms with Gasteiger partial charge in [-0.15, -0.1) is 11.8 Å². The first-order valence-corrected chi connectivity index (χ1v) is 9.70. The molecule has 0 aromatic heterocycles. The highest BCUT2D eigenvalue weighted by atomic mass is 79.9. The third-order valence-electron chi connectivity index (χ3n) is 3.25. The van der Waals surface area contributed by atoms with Gasteiger partial charge in [-0.2, -0.15) is 0 Å². The first-order valence-electron chi connectivity index (χ1n) is 6.78. The smallest absolute Gasteiger partial charge is 0.152 e. The van der Waals surface area contributed by atoms with E-state index in [2.05, 4.69) is 20.9 Å². The molecule has 7 heteroatoms. The Hall–Kier alpha value is -0.390. The molecule has 120 valence electrons. The number of nitrogens with zero attached hydrogens (tertiary/aromatic N) is 1. The van der Waals surface area contributed by atoms with Crippen molar-refractivity contribution in [2.75, 3.05) is 12.3 Å². The molecule has 0 unspecified atom stereocenters. The van der Waals surface area contributed by atoms with E-state index in [4.69, 9.17) is 39.5 Å². The summed E-state index contributed by atoms with van der Waals surface area (Å²) in [6.07, 6.45) is 0. The molecule has 2 aromatic rings. The molecule has 0 aliphatic carbocycles. The normalized spacial score (nSPS) is 14.0. The Morgan fingerprint density at radius 1 is 1.13 bits per heavy atom. The summed E-state index contributed by atoms with van der Waals surface area (Å²) < 4.78 is 6.61. The summed E-state index contributed by atoms with van der Waals surface area (Å²) in [4.78, 5) is 4.46. The highest BCUT2D eigenvalue weighted by Crippen LogP contribution is 2.37. The molecule has 0 radical (unpaired) electrons. The summed E-state index contributed by atoms with van der Waals surface area (Å²) in [6, 6.07) is 9.19. The molecule has 0 spiro atoms. The number of ether oxygens (including phenoxy) is 1. The van der Waals surface area contributed by atoms with Gasteiger partial charge < -0.3 is 4.74 Å². The second-order valence-corrected chi connectivity index (χ2v) is 7.95. The zero-order chi connectivity index (χ0) is 16.4. The second-order valence-electron chi connectivity index (χ2n) is 4.79. The maximum atomic E-state index is 6.37. The molecule has 0 bridgehead atoms. The summed E-state index contributed by atoms with van der Waals surface area (Å²) in [7, 11) is 0. The van der Waals surface area contributed by atoms with Crippen LogP contribution in [-0.4, -0.2) is 17.3 Å². The van der Waals surface area contributed by atoms with Crippen LogP contribution in [-0.2, 0) is 6.61 Å². The molecule has 0 saturated heterocycles. The number of halogens is 4. The van der Waals surface area contributed by atoms with Gasteiger partial charge in [-0.05, 0) is 40.2 Å². The Morgan fingerprint density at radius 2 is 1.87 bits per heavy atom. The molecular weight excluding hydrogens is 441 g/mol. The maximum absolute atomic E-state index is 6.37. The number of aliphatic imine (C=N–C) groups is 1. The molecule has 2 nitrogen and oxygen atoms in total. The molecule has 1 aliphatic heterocycles. The summed E-state index contributed by atoms with van der Waals surface area (Å²) in [5.74, 6) is 1.57. The lowest BCUT2D eigenvalue weighted by Gasteiger charge is -2.13. The Kier molecular flexibility index (Phi) is 5.81. The van der Waals surface area contributed by atoms with Crippen molar-refractivity contribution in [2.24, 2.45) is 4.99 Å². The lowest BCUT2D eigenvalue weighted by atomic mass is 10.2. The van der Waals surface area contributed by atoms with Crippen molar-refractivity contribution in [2.45, 2.75) is 6.61 Å². The predicted molar refractivity (Wildman–Crippen MR) is 104 cm³/mol. The molecule has 2 aromatic carbocycles. The molecule has 0 amide bonds. The molecule has 1 heterocycles. The van der Waals surface area contributed by atoms with E-state index in [-0.39, 0.29) is 6.61 Å². The molecule has 0 atom stereocenters. The summed E-state index contributed by atoms with van der Waals surface area (Å²) in [5, 5.41) is 2.66. The van der Waals surface area contributed by atoms with E-state index in [9.17, 15) is 0 Å². The highest BCUT2D eigenvalue weighted by Gasteiger charge is 2.16. The average Bonchev–Trinajstić information content (AvgIpc) is 3.03. The fourth-order valence-corrected chi connectivity index (χ4v) is 4.46. The second kappa shape index (κ2) is 7.66. The number of hydrogen-bond acceptors (Lipinski definition) is 3. The van der Waals surface area contributed by atoms with E-state index in [0.29, 0.717) is 20.8 Å². The van der Waals surface area contributed by atoms with E-state index in [1.54, 1.807) is 30.0 Å². The van der Waals surface area contributed by atoms with Crippen LogP contribution in [0.4, 0.5) is 0 Å². The van der Waals surface area contributed by atoms with Crippen molar-refractivity contribution in [1.82, 2.24) is 0 Å². The zero-order valence-corrected chi connectivity index (χ0v) is 16.5. The topological polar surface area (TPSA) is 21.6 Å². The average molecular weight is 452 g/mol. The third-order valence-corrected chi connectivity index (χ3v) is 5.86. The van der Waals surface area contributed by atoms with Crippen molar-refractivity contribution in [1.29, 1.82) is 0 Å². The fraction of sp³-hybridized carbons (Fsp3) is 0.188. The maximum Gasteiger partial charge on any atom is 0.152 e. The lowest BCUT2D eigenvalue weighted by molar-refractivity contribution is 0.304. The van der Waals surface area contributed by atoms with Crippen molar-refractivity contribution in [3.05, 3.63) is 61.0 Å². The van der Waals surface area contributed by atoms with Gasteiger partial charge in [-0.1, -0.05) is 40.9 Å². The summed E-state index contributed by atoms with van der Waals surface area (Å²) >= 11 is 23.9. The van der Waals surface area contributed by atoms with Crippen LogP contribution in [0.3, 0.4) is 0 Å². The van der Waals surface area contributed by atoms with Crippen molar-refractivity contribution in [3.63, 3.8) is 0 Å². The molecule has 3 rings (SSSR count). The van der Waals surface area contributed by atoms with E-state index in [1.165, 1.54) is 0 Å². The van der Waals surface area contributed by atoms with Crippen LogP contribution >= 0.6 is 62.5 Å². The Bertz CT molecular complexity index is 739. The van der Waals surface area contributed by atoms with Gasteiger partial charge in [-0.3, -0.25) is 4.99 Å². The standard InChI is InChI=1S/C16H11BrCl3NOS/c17-11-6-9(16-21-4-5-23-16)7-14(20)15(11)22-8-10-12(18)2-1-3-13(10)19/h1-3,6-7H,4-5,8H2. The number of thioether (sulfide) groups is 1. The number of rotatable bonds is 4. The Balaban J connectivity index is 1.83. The van der Waals surface area contributed by atoms with Gasteiger partial charge in [0.15, 0.2) is 5.75 Å². The van der Waals surface area contributed by atoms with Gasteiger partial charge in [0.25, 0.3) is 0 Å². The fourth-order valence-electron chi connectivity index (χ4n) is 2.15. The van der Waals surface area contributed by atoms with Crippen LogP contribution in [0.15, 0.2) is 39.8 Å². The van der Waals surface area contributed by atoms with Crippen molar-refractivity contribution >= 4 is 67.5 Å². The van der Waals surface area contributed by atoms with Gasteiger partial charge in [-0.25, -0.2) is 0 Å². The van der Waals surface area contributed by atoms with E-state index < -0.39 is 0 Å². The minimum Gasteiger partial charge on any atom is -0.486 e. The van der Waals surface area contributed by atoms with Crippen LogP contribution in [0.1, 0.15) is 11.1 Å². The SMILES string of the molecule is Clc1cccc(Cl)c1COc1c(Cl)cc(C2=NCCS2)cc1Br. The van der Waals surface area contributed by atoms with Crippen LogP contribution in [0, 0.1) is 0 Å². The van der Waals surface area contributed by atoms with Gasteiger partial charge in [0, 0.05) is 33.5 Å². The molecule has 0 saturated carbocycles. The monoisotopic (exact) mass is 449 g/mol. The predicted octanol–water partition coefficient (Wildman–Crippen LogP) is 6.48. The van der Waals surface area contributed by atoms with Gasteiger partial charge in [0.05, 0.1) is 14.5 Å². The molecule has 0 N–H and O–H groups in total. The molecule has 1 aliphatic rings. The summed E-state index contributed by atoms with van der Waals surface area (Å²) in [5.41, 5.74) is 1.73.